The third kappa shape index (κ3) is 1.87. The summed E-state index contributed by atoms with van der Waals surface area (Å²) in [6.45, 7) is 0. The first-order chi connectivity index (χ1) is 8.15. The van der Waals surface area contributed by atoms with Crippen LogP contribution in [0.25, 0.3) is 21.5 Å². The van der Waals surface area contributed by atoms with Crippen molar-refractivity contribution in [3.05, 3.63) is 57.5 Å². The highest BCUT2D eigenvalue weighted by Gasteiger charge is 2.05. The summed E-state index contributed by atoms with van der Waals surface area (Å²) in [5.41, 5.74) is 0. The molecule has 0 atom stereocenters. The fourth-order valence-electron chi connectivity index (χ4n) is 1.89. The monoisotopic (exact) mass is 278 g/mol. The molecule has 0 saturated carbocycles. The minimum absolute atomic E-state index is 0.437. The summed E-state index contributed by atoms with van der Waals surface area (Å²) < 4.78 is 0. The van der Waals surface area contributed by atoms with Crippen molar-refractivity contribution >= 4 is 56.3 Å². The van der Waals surface area contributed by atoms with E-state index in [4.69, 9.17) is 34.8 Å². The molecule has 0 N–H and O–H groups in total. The molecule has 0 unspecified atom stereocenters. The Bertz CT molecular complexity index is 732. The van der Waals surface area contributed by atoms with Crippen LogP contribution in [0, 0.1) is 12.1 Å². The van der Waals surface area contributed by atoms with E-state index in [1.807, 2.05) is 30.3 Å². The summed E-state index contributed by atoms with van der Waals surface area (Å²) in [5, 5.41) is 5.52. The summed E-state index contributed by atoms with van der Waals surface area (Å²) in [7, 11) is 0. The van der Waals surface area contributed by atoms with Gasteiger partial charge in [0.05, 0.1) is 10.0 Å². The van der Waals surface area contributed by atoms with Gasteiger partial charge in [-0.15, -0.1) is 0 Å². The summed E-state index contributed by atoms with van der Waals surface area (Å²) in [5.74, 6) is 0. The van der Waals surface area contributed by atoms with Crippen molar-refractivity contribution in [3.63, 3.8) is 0 Å². The molecule has 3 aromatic rings. The van der Waals surface area contributed by atoms with E-state index in [-0.39, 0.29) is 0 Å². The smallest absolute Gasteiger partial charge is 0.0677 e. The SMILES string of the molecule is Clc1[c]cc2ccc3[c]c(Cl)c(Cl)cc3c2c1. The maximum Gasteiger partial charge on any atom is 0.0677 e. The Morgan fingerprint density at radius 2 is 1.76 bits per heavy atom. The normalized spacial score (nSPS) is 11.2. The van der Waals surface area contributed by atoms with Gasteiger partial charge in [0, 0.05) is 17.2 Å². The maximum atomic E-state index is 6.02. The van der Waals surface area contributed by atoms with Crippen LogP contribution < -0.4 is 0 Å². The third-order valence-corrected chi connectivity index (χ3v) is 3.59. The van der Waals surface area contributed by atoms with E-state index >= 15 is 0 Å². The second kappa shape index (κ2) is 4.06. The van der Waals surface area contributed by atoms with E-state index < -0.39 is 0 Å². The topological polar surface area (TPSA) is 0 Å². The Kier molecular flexibility index (Phi) is 2.67. The average Bonchev–Trinajstić information content (AvgIpc) is 2.31. The van der Waals surface area contributed by atoms with Crippen molar-refractivity contribution in [2.45, 2.75) is 0 Å². The minimum Gasteiger partial charge on any atom is -0.0836 e. The van der Waals surface area contributed by atoms with Crippen molar-refractivity contribution in [2.75, 3.05) is 0 Å². The van der Waals surface area contributed by atoms with E-state index in [0.29, 0.717) is 15.1 Å². The molecule has 0 fully saturated rings. The number of hydrogen-bond acceptors (Lipinski definition) is 0. The molecule has 0 aromatic heterocycles. The Hall–Kier alpha value is -0.950. The lowest BCUT2D eigenvalue weighted by molar-refractivity contribution is 1.74. The molecule has 0 nitrogen and oxygen atoms in total. The summed E-state index contributed by atoms with van der Waals surface area (Å²) in [6.07, 6.45) is 0. The predicted molar refractivity (Wildman–Crippen MR) is 74.2 cm³/mol. The van der Waals surface area contributed by atoms with Crippen LogP contribution in [-0.2, 0) is 0 Å². The first kappa shape index (κ1) is 11.2. The number of fused-ring (bicyclic) bond motifs is 3. The maximum absolute atomic E-state index is 6.02. The summed E-state index contributed by atoms with van der Waals surface area (Å²) >= 11 is 17.9. The fraction of sp³-hybridized carbons (Fsp3) is 0. The van der Waals surface area contributed by atoms with E-state index in [9.17, 15) is 0 Å². The first-order valence-corrected chi connectivity index (χ1v) is 6.09. The molecule has 0 aliphatic rings. The average molecular weight is 280 g/mol. The van der Waals surface area contributed by atoms with Crippen LogP contribution in [0.15, 0.2) is 30.3 Å². The van der Waals surface area contributed by atoms with Crippen LogP contribution in [0.4, 0.5) is 0 Å². The van der Waals surface area contributed by atoms with Gasteiger partial charge >= 0.3 is 0 Å². The molecule has 2 radical (unpaired) electrons. The molecule has 0 bridgehead atoms. The van der Waals surface area contributed by atoms with Crippen LogP contribution in [-0.4, -0.2) is 0 Å². The van der Waals surface area contributed by atoms with Gasteiger partial charge < -0.3 is 0 Å². The highest BCUT2D eigenvalue weighted by Crippen LogP contribution is 2.32. The Balaban J connectivity index is 2.53. The lowest BCUT2D eigenvalue weighted by Crippen LogP contribution is -1.80. The van der Waals surface area contributed by atoms with Crippen molar-refractivity contribution < 1.29 is 0 Å². The zero-order valence-corrected chi connectivity index (χ0v) is 10.8. The van der Waals surface area contributed by atoms with Gasteiger partial charge in [-0.25, -0.2) is 0 Å². The van der Waals surface area contributed by atoms with E-state index in [1.165, 1.54) is 0 Å². The van der Waals surface area contributed by atoms with E-state index in [0.717, 1.165) is 21.5 Å². The van der Waals surface area contributed by atoms with Gasteiger partial charge in [0.15, 0.2) is 0 Å². The first-order valence-electron chi connectivity index (χ1n) is 4.96. The van der Waals surface area contributed by atoms with Crippen LogP contribution in [0.3, 0.4) is 0 Å². The molecule has 82 valence electrons. The molecule has 0 spiro atoms. The second-order valence-electron chi connectivity index (χ2n) is 3.74. The predicted octanol–water partition coefficient (Wildman–Crippen LogP) is 5.55. The van der Waals surface area contributed by atoms with Crippen molar-refractivity contribution in [2.24, 2.45) is 0 Å². The van der Waals surface area contributed by atoms with Crippen molar-refractivity contribution in [1.29, 1.82) is 0 Å². The van der Waals surface area contributed by atoms with Gasteiger partial charge in [-0.3, -0.25) is 0 Å². The third-order valence-electron chi connectivity index (χ3n) is 2.68. The van der Waals surface area contributed by atoms with E-state index in [1.54, 1.807) is 0 Å². The Labute approximate surface area is 114 Å². The van der Waals surface area contributed by atoms with Crippen molar-refractivity contribution in [1.82, 2.24) is 0 Å². The van der Waals surface area contributed by atoms with Crippen LogP contribution >= 0.6 is 34.8 Å². The fourth-order valence-corrected chi connectivity index (χ4v) is 2.36. The van der Waals surface area contributed by atoms with Gasteiger partial charge in [0.2, 0.25) is 0 Å². The molecule has 0 saturated heterocycles. The van der Waals surface area contributed by atoms with Gasteiger partial charge in [-0.2, -0.15) is 0 Å². The molecule has 0 aliphatic carbocycles. The van der Waals surface area contributed by atoms with E-state index in [2.05, 4.69) is 12.1 Å². The summed E-state index contributed by atoms with van der Waals surface area (Å²) in [6, 6.07) is 15.5. The molecule has 17 heavy (non-hydrogen) atoms. The highest BCUT2D eigenvalue weighted by atomic mass is 35.5. The quantitative estimate of drug-likeness (QED) is 0.473. The molecule has 3 aromatic carbocycles. The Morgan fingerprint density at radius 1 is 0.941 bits per heavy atom. The van der Waals surface area contributed by atoms with Gasteiger partial charge in [-0.05, 0) is 39.7 Å². The highest BCUT2D eigenvalue weighted by molar-refractivity contribution is 6.43. The zero-order chi connectivity index (χ0) is 12.0. The number of benzene rings is 3. The Morgan fingerprint density at radius 3 is 2.59 bits per heavy atom. The summed E-state index contributed by atoms with van der Waals surface area (Å²) in [4.78, 5) is 0. The van der Waals surface area contributed by atoms with Gasteiger partial charge in [0.25, 0.3) is 0 Å². The van der Waals surface area contributed by atoms with Crippen LogP contribution in [0.1, 0.15) is 0 Å². The van der Waals surface area contributed by atoms with Gasteiger partial charge in [-0.1, -0.05) is 46.9 Å². The lowest BCUT2D eigenvalue weighted by atomic mass is 10.0. The number of halogens is 3. The van der Waals surface area contributed by atoms with Gasteiger partial charge in [0.1, 0.15) is 0 Å². The molecule has 3 heteroatoms. The second-order valence-corrected chi connectivity index (χ2v) is 4.93. The molecular weight excluding hydrogens is 275 g/mol. The van der Waals surface area contributed by atoms with Crippen molar-refractivity contribution in [3.8, 4) is 0 Å². The zero-order valence-electron chi connectivity index (χ0n) is 8.52. The molecule has 0 aliphatic heterocycles. The molecular formula is C14H5Cl3. The minimum atomic E-state index is 0.437. The number of rotatable bonds is 0. The molecule has 0 amide bonds. The largest absolute Gasteiger partial charge is 0.0836 e. The molecule has 3 rings (SSSR count). The number of hydrogen-bond donors (Lipinski definition) is 0. The standard InChI is InChI=1S/C14H5Cl3/c15-10-4-3-8-1-2-9-5-13(16)14(17)7-12(9)11(8)6-10/h1-3,6-7H. The van der Waals surface area contributed by atoms with Crippen LogP contribution in [0.2, 0.25) is 15.1 Å². The molecule has 0 heterocycles. The lowest BCUT2D eigenvalue weighted by Gasteiger charge is -2.05. The van der Waals surface area contributed by atoms with Crippen LogP contribution in [0.5, 0.6) is 0 Å².